The maximum Gasteiger partial charge on any atom is 0.0251 e. The van der Waals surface area contributed by atoms with E-state index in [-0.39, 0.29) is 0 Å². The second-order valence-corrected chi connectivity index (χ2v) is 6.69. The van der Waals surface area contributed by atoms with E-state index in [1.54, 1.807) is 0 Å². The molecule has 2 aliphatic carbocycles. The molecule has 1 N–H and O–H groups in total. The van der Waals surface area contributed by atoms with Crippen LogP contribution >= 0.6 is 0 Å². The van der Waals surface area contributed by atoms with Crippen LogP contribution < -0.4 is 5.32 Å². The molecule has 2 rings (SSSR count). The summed E-state index contributed by atoms with van der Waals surface area (Å²) in [6.45, 7) is 2.43. The van der Waals surface area contributed by atoms with E-state index in [0.717, 1.165) is 24.0 Å². The van der Waals surface area contributed by atoms with E-state index in [0.29, 0.717) is 0 Å². The first-order chi connectivity index (χ1) is 8.72. The molecule has 2 saturated carbocycles. The Morgan fingerprint density at radius 1 is 0.944 bits per heavy atom. The zero-order valence-electron chi connectivity index (χ0n) is 12.6. The lowest BCUT2D eigenvalue weighted by molar-refractivity contribution is 0.0830. The molecule has 0 aromatic heterocycles. The van der Waals surface area contributed by atoms with Crippen LogP contribution in [0.2, 0.25) is 0 Å². The summed E-state index contributed by atoms with van der Waals surface area (Å²) in [5.41, 5.74) is 0. The van der Waals surface area contributed by atoms with Gasteiger partial charge in [0.05, 0.1) is 0 Å². The average molecular weight is 252 g/mol. The predicted octanol–water partition coefficient (Wildman–Crippen LogP) is 3.42. The molecule has 2 heteroatoms. The predicted molar refractivity (Wildman–Crippen MR) is 78.9 cm³/mol. The van der Waals surface area contributed by atoms with Crippen molar-refractivity contribution in [1.82, 2.24) is 10.2 Å². The molecule has 0 amide bonds. The van der Waals surface area contributed by atoms with Crippen molar-refractivity contribution < 1.29 is 0 Å². The van der Waals surface area contributed by atoms with Crippen LogP contribution in [-0.4, -0.2) is 37.1 Å². The van der Waals surface area contributed by atoms with Gasteiger partial charge < -0.3 is 5.32 Å². The third kappa shape index (κ3) is 3.48. The Balaban J connectivity index is 1.97. The molecule has 0 spiro atoms. The summed E-state index contributed by atoms with van der Waals surface area (Å²) in [5, 5.41) is 3.57. The zero-order valence-corrected chi connectivity index (χ0v) is 12.6. The number of rotatable bonds is 3. The summed E-state index contributed by atoms with van der Waals surface area (Å²) < 4.78 is 0. The number of nitrogens with zero attached hydrogens (tertiary/aromatic N) is 1. The van der Waals surface area contributed by atoms with Crippen LogP contribution in [0.25, 0.3) is 0 Å². The standard InChI is InChI=1S/C16H32N2/c1-13-10-11-15(17-2)16(12-13)18(3)14-8-6-4-5-7-9-14/h13-17H,4-12H2,1-3H3. The molecule has 0 aromatic rings. The van der Waals surface area contributed by atoms with Gasteiger partial charge in [0, 0.05) is 18.1 Å². The molecule has 0 heterocycles. The fourth-order valence-corrected chi connectivity index (χ4v) is 4.07. The maximum atomic E-state index is 3.57. The fourth-order valence-electron chi connectivity index (χ4n) is 4.07. The van der Waals surface area contributed by atoms with Gasteiger partial charge in [-0.05, 0) is 52.1 Å². The first kappa shape index (κ1) is 14.3. The zero-order chi connectivity index (χ0) is 13.0. The van der Waals surface area contributed by atoms with Gasteiger partial charge in [-0.3, -0.25) is 4.90 Å². The van der Waals surface area contributed by atoms with Crippen LogP contribution in [-0.2, 0) is 0 Å². The van der Waals surface area contributed by atoms with E-state index < -0.39 is 0 Å². The van der Waals surface area contributed by atoms with Crippen molar-refractivity contribution in [3.05, 3.63) is 0 Å². The highest BCUT2D eigenvalue weighted by atomic mass is 15.2. The Hall–Kier alpha value is -0.0800. The lowest BCUT2D eigenvalue weighted by Crippen LogP contribution is -2.53. The van der Waals surface area contributed by atoms with Crippen LogP contribution in [0.15, 0.2) is 0 Å². The third-order valence-electron chi connectivity index (χ3n) is 5.37. The second-order valence-electron chi connectivity index (χ2n) is 6.69. The van der Waals surface area contributed by atoms with Gasteiger partial charge in [-0.1, -0.05) is 32.6 Å². The van der Waals surface area contributed by atoms with Crippen LogP contribution in [0.1, 0.15) is 64.7 Å². The van der Waals surface area contributed by atoms with Crippen LogP contribution in [0.5, 0.6) is 0 Å². The lowest BCUT2D eigenvalue weighted by Gasteiger charge is -2.43. The minimum absolute atomic E-state index is 0.717. The summed E-state index contributed by atoms with van der Waals surface area (Å²) >= 11 is 0. The summed E-state index contributed by atoms with van der Waals surface area (Å²) in [7, 11) is 4.54. The lowest BCUT2D eigenvalue weighted by atomic mass is 9.82. The fraction of sp³-hybridized carbons (Fsp3) is 1.00. The molecule has 0 aromatic carbocycles. The van der Waals surface area contributed by atoms with E-state index in [2.05, 4.69) is 31.2 Å². The Labute approximate surface area is 114 Å². The van der Waals surface area contributed by atoms with Crippen LogP contribution in [0.3, 0.4) is 0 Å². The summed E-state index contributed by atoms with van der Waals surface area (Å²) in [5.74, 6) is 0.910. The van der Waals surface area contributed by atoms with Crippen molar-refractivity contribution in [2.45, 2.75) is 82.8 Å². The number of hydrogen-bond acceptors (Lipinski definition) is 2. The molecule has 18 heavy (non-hydrogen) atoms. The topological polar surface area (TPSA) is 15.3 Å². The van der Waals surface area contributed by atoms with Gasteiger partial charge in [0.25, 0.3) is 0 Å². The van der Waals surface area contributed by atoms with Crippen molar-refractivity contribution >= 4 is 0 Å². The highest BCUT2D eigenvalue weighted by Gasteiger charge is 2.33. The largest absolute Gasteiger partial charge is 0.315 e. The van der Waals surface area contributed by atoms with Crippen molar-refractivity contribution in [2.24, 2.45) is 5.92 Å². The van der Waals surface area contributed by atoms with Crippen LogP contribution in [0, 0.1) is 5.92 Å². The Morgan fingerprint density at radius 3 is 2.22 bits per heavy atom. The van der Waals surface area contributed by atoms with Gasteiger partial charge in [-0.15, -0.1) is 0 Å². The van der Waals surface area contributed by atoms with Gasteiger partial charge in [0.2, 0.25) is 0 Å². The van der Waals surface area contributed by atoms with E-state index in [1.165, 1.54) is 57.8 Å². The first-order valence-electron chi connectivity index (χ1n) is 8.11. The molecule has 3 atom stereocenters. The molecule has 3 unspecified atom stereocenters. The minimum atomic E-state index is 0.717. The van der Waals surface area contributed by atoms with Gasteiger partial charge in [-0.2, -0.15) is 0 Å². The van der Waals surface area contributed by atoms with Gasteiger partial charge >= 0.3 is 0 Å². The van der Waals surface area contributed by atoms with E-state index in [1.807, 2.05) is 0 Å². The molecule has 0 saturated heterocycles. The molecule has 0 aliphatic heterocycles. The Morgan fingerprint density at radius 2 is 1.61 bits per heavy atom. The normalized spacial score (nSPS) is 35.7. The highest BCUT2D eigenvalue weighted by molar-refractivity contribution is 4.91. The molecule has 0 radical (unpaired) electrons. The summed E-state index contributed by atoms with van der Waals surface area (Å²) in [4.78, 5) is 2.74. The first-order valence-corrected chi connectivity index (χ1v) is 8.11. The van der Waals surface area contributed by atoms with Gasteiger partial charge in [0.15, 0.2) is 0 Å². The van der Waals surface area contributed by atoms with E-state index in [4.69, 9.17) is 0 Å². The third-order valence-corrected chi connectivity index (χ3v) is 5.37. The van der Waals surface area contributed by atoms with Gasteiger partial charge in [-0.25, -0.2) is 0 Å². The Kier molecular flexibility index (Phi) is 5.50. The Bertz CT molecular complexity index is 233. The monoisotopic (exact) mass is 252 g/mol. The van der Waals surface area contributed by atoms with E-state index >= 15 is 0 Å². The van der Waals surface area contributed by atoms with Crippen molar-refractivity contribution in [3.8, 4) is 0 Å². The van der Waals surface area contributed by atoms with Crippen molar-refractivity contribution in [3.63, 3.8) is 0 Å². The molecule has 2 aliphatic rings. The molecular formula is C16H32N2. The summed E-state index contributed by atoms with van der Waals surface area (Å²) in [6.07, 6.45) is 12.8. The average Bonchev–Trinajstić information content (AvgIpc) is 2.66. The van der Waals surface area contributed by atoms with Gasteiger partial charge in [0.1, 0.15) is 0 Å². The summed E-state index contributed by atoms with van der Waals surface area (Å²) in [6, 6.07) is 2.33. The number of likely N-dealkylation sites (N-methyl/N-ethyl adjacent to an activating group) is 2. The maximum absolute atomic E-state index is 3.57. The number of nitrogens with one attached hydrogen (secondary N) is 1. The highest BCUT2D eigenvalue weighted by Crippen LogP contribution is 2.31. The smallest absolute Gasteiger partial charge is 0.0251 e. The quantitative estimate of drug-likeness (QED) is 0.774. The van der Waals surface area contributed by atoms with Crippen molar-refractivity contribution in [2.75, 3.05) is 14.1 Å². The second kappa shape index (κ2) is 6.91. The van der Waals surface area contributed by atoms with E-state index in [9.17, 15) is 0 Å². The molecule has 2 nitrogen and oxygen atoms in total. The minimum Gasteiger partial charge on any atom is -0.315 e. The molecule has 106 valence electrons. The molecule has 2 fully saturated rings. The molecule has 0 bridgehead atoms. The SMILES string of the molecule is CNC1CCC(C)CC1N(C)C1CCCCCC1. The van der Waals surface area contributed by atoms with Crippen LogP contribution in [0.4, 0.5) is 0 Å². The molecular weight excluding hydrogens is 220 g/mol. The number of hydrogen-bond donors (Lipinski definition) is 1. The van der Waals surface area contributed by atoms with Crippen molar-refractivity contribution in [1.29, 1.82) is 0 Å².